The van der Waals surface area contributed by atoms with Crippen LogP contribution in [0.1, 0.15) is 69.5 Å². The molecule has 3 aliphatic carbocycles. The molecule has 0 unspecified atom stereocenters. The van der Waals surface area contributed by atoms with Crippen LogP contribution < -0.4 is 9.80 Å². The molecule has 11 aromatic carbocycles. The Balaban J connectivity index is 1.04. The number of para-hydroxylation sites is 3. The quantitative estimate of drug-likeness (QED) is 0.164. The molecule has 0 atom stereocenters. The van der Waals surface area contributed by atoms with E-state index >= 15 is 0 Å². The van der Waals surface area contributed by atoms with E-state index in [1.54, 1.807) is 0 Å². The highest BCUT2D eigenvalue weighted by molar-refractivity contribution is 6.01. The Hall–Kier alpha value is -8.98. The van der Waals surface area contributed by atoms with Crippen LogP contribution in [0.15, 0.2) is 267 Å². The molecule has 0 fully saturated rings. The molecular weight excluding hydrogens is 881 g/mol. The first-order valence-electron chi connectivity index (χ1n) is 25.7. The first-order valence-corrected chi connectivity index (χ1v) is 25.7. The maximum absolute atomic E-state index is 2.59. The van der Waals surface area contributed by atoms with Crippen LogP contribution in [-0.2, 0) is 16.2 Å². The number of nitrogens with zero attached hydrogens (tertiary/aromatic N) is 2. The van der Waals surface area contributed by atoms with Crippen molar-refractivity contribution in [3.8, 4) is 33.4 Å². The maximum atomic E-state index is 2.59. The Kier molecular flexibility index (Phi) is 8.87. The van der Waals surface area contributed by atoms with E-state index in [2.05, 4.69) is 291 Å². The summed E-state index contributed by atoms with van der Waals surface area (Å²) in [6.07, 6.45) is 0. The van der Waals surface area contributed by atoms with Gasteiger partial charge in [0.15, 0.2) is 0 Å². The molecule has 4 aliphatic rings. The van der Waals surface area contributed by atoms with Crippen LogP contribution in [0, 0.1) is 0 Å². The van der Waals surface area contributed by atoms with Crippen LogP contribution in [0.3, 0.4) is 0 Å². The van der Waals surface area contributed by atoms with Crippen LogP contribution in [0.5, 0.6) is 0 Å². The summed E-state index contributed by atoms with van der Waals surface area (Å²) in [5.41, 5.74) is 26.1. The molecular formula is C71H50N2. The van der Waals surface area contributed by atoms with Gasteiger partial charge in [-0.3, -0.25) is 0 Å². The molecule has 11 aromatic rings. The van der Waals surface area contributed by atoms with Crippen LogP contribution in [-0.4, -0.2) is 0 Å². The van der Waals surface area contributed by atoms with Gasteiger partial charge in [0.1, 0.15) is 0 Å². The van der Waals surface area contributed by atoms with Gasteiger partial charge in [-0.15, -0.1) is 0 Å². The Labute approximate surface area is 427 Å². The van der Waals surface area contributed by atoms with E-state index in [1.165, 1.54) is 100 Å². The number of hydrogen-bond acceptors (Lipinski definition) is 2. The molecule has 0 amide bonds. The van der Waals surface area contributed by atoms with Crippen molar-refractivity contribution >= 4 is 34.1 Å². The van der Waals surface area contributed by atoms with Gasteiger partial charge in [0.05, 0.1) is 27.9 Å². The van der Waals surface area contributed by atoms with Gasteiger partial charge in [0.25, 0.3) is 0 Å². The summed E-state index contributed by atoms with van der Waals surface area (Å²) in [5.74, 6) is 0. The number of hydrogen-bond donors (Lipinski definition) is 0. The van der Waals surface area contributed by atoms with Gasteiger partial charge in [-0.05, 0) is 138 Å². The molecule has 2 nitrogen and oxygen atoms in total. The van der Waals surface area contributed by atoms with Crippen molar-refractivity contribution in [2.24, 2.45) is 0 Å². The Morgan fingerprint density at radius 1 is 0.301 bits per heavy atom. The van der Waals surface area contributed by atoms with E-state index in [0.29, 0.717) is 0 Å². The fraction of sp³-hybridized carbons (Fsp3) is 0.0704. The number of anilines is 6. The van der Waals surface area contributed by atoms with Gasteiger partial charge in [-0.25, -0.2) is 0 Å². The second-order valence-electron chi connectivity index (χ2n) is 20.7. The molecule has 1 heterocycles. The molecule has 0 saturated heterocycles. The zero-order valence-electron chi connectivity index (χ0n) is 40.8. The lowest BCUT2D eigenvalue weighted by Crippen LogP contribution is -2.36. The predicted octanol–water partition coefficient (Wildman–Crippen LogP) is 18.0. The lowest BCUT2D eigenvalue weighted by Gasteiger charge is -2.45. The van der Waals surface area contributed by atoms with Gasteiger partial charge in [0.2, 0.25) is 0 Å². The number of benzene rings is 11. The van der Waals surface area contributed by atoms with Crippen LogP contribution in [0.25, 0.3) is 33.4 Å². The minimum atomic E-state index is -0.616. The van der Waals surface area contributed by atoms with Crippen molar-refractivity contribution in [3.05, 3.63) is 323 Å². The zero-order valence-corrected chi connectivity index (χ0v) is 40.8. The van der Waals surface area contributed by atoms with Crippen molar-refractivity contribution in [1.29, 1.82) is 0 Å². The molecule has 1 aliphatic heterocycles. The number of rotatable bonds is 6. The van der Waals surface area contributed by atoms with Crippen LogP contribution in [0.2, 0.25) is 0 Å². The summed E-state index contributed by atoms with van der Waals surface area (Å²) in [6, 6.07) is 100. The lowest BCUT2D eigenvalue weighted by molar-refractivity contribution is 0.660. The predicted molar refractivity (Wildman–Crippen MR) is 302 cm³/mol. The van der Waals surface area contributed by atoms with Crippen LogP contribution in [0.4, 0.5) is 34.1 Å². The fourth-order valence-electron chi connectivity index (χ4n) is 14.0. The summed E-state index contributed by atoms with van der Waals surface area (Å²) in [6.45, 7) is 4.78. The summed E-state index contributed by atoms with van der Waals surface area (Å²) in [5, 5.41) is 0. The Morgan fingerprint density at radius 2 is 0.726 bits per heavy atom. The molecule has 1 spiro atoms. The monoisotopic (exact) mass is 930 g/mol. The maximum Gasteiger partial charge on any atom is 0.0755 e. The summed E-state index contributed by atoms with van der Waals surface area (Å²) >= 11 is 0. The average Bonchev–Trinajstić information content (AvgIpc) is 4.01. The molecule has 73 heavy (non-hydrogen) atoms. The van der Waals surface area contributed by atoms with Crippen molar-refractivity contribution in [3.63, 3.8) is 0 Å². The molecule has 344 valence electrons. The van der Waals surface area contributed by atoms with Gasteiger partial charge in [0, 0.05) is 28.0 Å². The lowest BCUT2D eigenvalue weighted by atomic mass is 9.64. The highest BCUT2D eigenvalue weighted by atomic mass is 15.2. The van der Waals surface area contributed by atoms with Gasteiger partial charge < -0.3 is 9.80 Å². The normalized spacial score (nSPS) is 15.0. The number of fused-ring (bicyclic) bond motifs is 15. The van der Waals surface area contributed by atoms with Gasteiger partial charge in [-0.1, -0.05) is 226 Å². The van der Waals surface area contributed by atoms with E-state index < -0.39 is 10.8 Å². The highest BCUT2D eigenvalue weighted by Crippen LogP contribution is 2.65. The van der Waals surface area contributed by atoms with Crippen molar-refractivity contribution in [2.75, 3.05) is 9.80 Å². The van der Waals surface area contributed by atoms with Crippen molar-refractivity contribution < 1.29 is 0 Å². The molecule has 2 heteroatoms. The van der Waals surface area contributed by atoms with E-state index in [4.69, 9.17) is 0 Å². The Bertz CT molecular complexity index is 3930. The van der Waals surface area contributed by atoms with Gasteiger partial charge in [-0.2, -0.15) is 0 Å². The fourth-order valence-corrected chi connectivity index (χ4v) is 14.0. The third-order valence-electron chi connectivity index (χ3n) is 16.9. The third-order valence-corrected chi connectivity index (χ3v) is 16.9. The summed E-state index contributed by atoms with van der Waals surface area (Å²) in [7, 11) is 0. The minimum absolute atomic E-state index is 0.196. The molecule has 0 bridgehead atoms. The summed E-state index contributed by atoms with van der Waals surface area (Å²) in [4.78, 5) is 5.06. The van der Waals surface area contributed by atoms with E-state index in [-0.39, 0.29) is 5.41 Å². The largest absolute Gasteiger partial charge is 0.310 e. The molecule has 0 N–H and O–H groups in total. The molecule has 0 radical (unpaired) electrons. The second kappa shape index (κ2) is 15.5. The van der Waals surface area contributed by atoms with E-state index in [1.807, 2.05) is 0 Å². The zero-order chi connectivity index (χ0) is 48.5. The highest BCUT2D eigenvalue weighted by Gasteiger charge is 2.53. The van der Waals surface area contributed by atoms with Crippen molar-refractivity contribution in [2.45, 2.75) is 30.1 Å². The first-order chi connectivity index (χ1) is 36.0. The van der Waals surface area contributed by atoms with Crippen LogP contribution >= 0.6 is 0 Å². The average molecular weight is 931 g/mol. The Morgan fingerprint density at radius 3 is 1.33 bits per heavy atom. The minimum Gasteiger partial charge on any atom is -0.310 e. The standard InChI is InChI=1S/C71H50N2/c1-69(2)57-32-15-12-29-52(57)54-43-41-50(45-63(54)69)72(67-40-22-37-62-68(67)56-31-14-17-34-59(56)70(62,47-23-6-3-7-24-47)48-25-8-4-9-26-48)51-42-44-55-53-30-13-16-33-58(53)71(64(55)46-51)60-35-18-20-38-65(60)73(49-27-10-5-11-28-49)66-39-21-19-36-61(66)71/h3-46H,1-2H3. The smallest absolute Gasteiger partial charge is 0.0755 e. The molecule has 0 aromatic heterocycles. The summed E-state index contributed by atoms with van der Waals surface area (Å²) < 4.78 is 0. The second-order valence-corrected chi connectivity index (χ2v) is 20.7. The molecule has 0 saturated carbocycles. The third kappa shape index (κ3) is 5.53. The SMILES string of the molecule is CC1(C)c2ccccc2-c2ccc(N(c3ccc4c(c3)C3(c5ccccc5-4)c4ccccc4N(c4ccccc4)c4ccccc43)c3cccc4c3-c3ccccc3C4(c3ccccc3)c3ccccc3)cc21. The topological polar surface area (TPSA) is 6.48 Å². The molecule has 15 rings (SSSR count). The van der Waals surface area contributed by atoms with Gasteiger partial charge >= 0.3 is 0 Å². The first kappa shape index (κ1) is 41.8. The van der Waals surface area contributed by atoms with Crippen molar-refractivity contribution in [1.82, 2.24) is 0 Å². The van der Waals surface area contributed by atoms with E-state index in [0.717, 1.165) is 22.7 Å². The van der Waals surface area contributed by atoms with E-state index in [9.17, 15) is 0 Å².